The topological polar surface area (TPSA) is 83.9 Å². The predicted molar refractivity (Wildman–Crippen MR) is 129 cm³/mol. The van der Waals surface area contributed by atoms with Crippen molar-refractivity contribution >= 4 is 0 Å². The van der Waals surface area contributed by atoms with E-state index in [2.05, 4.69) is 9.80 Å². The molecule has 8 nitrogen and oxygen atoms in total. The van der Waals surface area contributed by atoms with Crippen molar-refractivity contribution in [3.8, 4) is 22.6 Å². The van der Waals surface area contributed by atoms with Crippen LogP contribution in [0.1, 0.15) is 0 Å². The minimum absolute atomic E-state index is 0.264. The van der Waals surface area contributed by atoms with Crippen LogP contribution in [-0.4, -0.2) is 111 Å². The lowest BCUT2D eigenvalue weighted by Crippen LogP contribution is -2.42. The van der Waals surface area contributed by atoms with Gasteiger partial charge in [0.05, 0.1) is 26.4 Å². The normalized spacial score (nSPS) is 19.5. The molecule has 34 heavy (non-hydrogen) atoms. The van der Waals surface area contributed by atoms with Crippen molar-refractivity contribution in [2.75, 3.05) is 78.9 Å². The Hall–Kier alpha value is -2.20. The average molecular weight is 473 g/mol. The van der Waals surface area contributed by atoms with E-state index >= 15 is 0 Å². The van der Waals surface area contributed by atoms with Crippen LogP contribution in [-0.2, 0) is 9.47 Å². The number of hydrogen-bond donors (Lipinski definition) is 2. The minimum Gasteiger partial charge on any atom is -0.491 e. The molecule has 4 rings (SSSR count). The number of nitrogens with zero attached hydrogens (tertiary/aromatic N) is 2. The number of β-amino-alcohol motifs (C(OH)–C–C–N with tert-alkyl or cyclic N) is 2. The molecule has 186 valence electrons. The van der Waals surface area contributed by atoms with E-state index in [0.29, 0.717) is 13.1 Å². The molecule has 8 heteroatoms. The molecule has 2 atom stereocenters. The number of hydrogen-bond acceptors (Lipinski definition) is 8. The lowest BCUT2D eigenvalue weighted by atomic mass is 10.1. The first-order chi connectivity index (χ1) is 16.7. The number of aliphatic hydroxyl groups is 2. The smallest absolute Gasteiger partial charge is 0.119 e. The van der Waals surface area contributed by atoms with E-state index in [1.165, 1.54) is 0 Å². The second kappa shape index (κ2) is 13.0. The first kappa shape index (κ1) is 24.9. The molecule has 0 aliphatic carbocycles. The summed E-state index contributed by atoms with van der Waals surface area (Å²) in [5, 5.41) is 20.5. The van der Waals surface area contributed by atoms with Crippen molar-refractivity contribution < 1.29 is 29.2 Å². The van der Waals surface area contributed by atoms with Gasteiger partial charge in [0.15, 0.2) is 0 Å². The van der Waals surface area contributed by atoms with E-state index in [1.807, 2.05) is 48.5 Å². The van der Waals surface area contributed by atoms with Crippen molar-refractivity contribution in [3.63, 3.8) is 0 Å². The van der Waals surface area contributed by atoms with Gasteiger partial charge in [0.2, 0.25) is 0 Å². The summed E-state index contributed by atoms with van der Waals surface area (Å²) in [6.45, 7) is 8.01. The fourth-order valence-corrected chi connectivity index (χ4v) is 4.14. The molecule has 0 amide bonds. The summed E-state index contributed by atoms with van der Waals surface area (Å²) in [7, 11) is 0. The van der Waals surface area contributed by atoms with E-state index in [4.69, 9.17) is 18.9 Å². The Morgan fingerprint density at radius 1 is 0.618 bits per heavy atom. The first-order valence-corrected chi connectivity index (χ1v) is 12.1. The summed E-state index contributed by atoms with van der Waals surface area (Å²) >= 11 is 0. The molecule has 0 aromatic heterocycles. The summed E-state index contributed by atoms with van der Waals surface area (Å²) in [6.07, 6.45) is -1.06. The maximum absolute atomic E-state index is 10.2. The van der Waals surface area contributed by atoms with Crippen LogP contribution in [0, 0.1) is 0 Å². The molecule has 2 unspecified atom stereocenters. The van der Waals surface area contributed by atoms with Gasteiger partial charge in [-0.3, -0.25) is 9.80 Å². The number of aliphatic hydroxyl groups excluding tert-OH is 2. The lowest BCUT2D eigenvalue weighted by Gasteiger charge is -2.28. The standard InChI is InChI=1S/C26H36N2O6/c29-23(17-27-9-13-31-14-10-27)19-33-25-5-1-21(2-6-25)22-3-7-26(8-4-22)34-20-24(30)18-28-11-15-32-16-12-28/h1-8,23-24,29-30H,9-20H2. The molecule has 2 N–H and O–H groups in total. The van der Waals surface area contributed by atoms with Crippen LogP contribution in [0.4, 0.5) is 0 Å². The van der Waals surface area contributed by atoms with Crippen molar-refractivity contribution in [1.29, 1.82) is 0 Å². The molecule has 0 spiro atoms. The van der Waals surface area contributed by atoms with E-state index in [9.17, 15) is 10.2 Å². The fraction of sp³-hybridized carbons (Fsp3) is 0.538. The molecule has 2 aromatic rings. The zero-order chi connectivity index (χ0) is 23.6. The van der Waals surface area contributed by atoms with Gasteiger partial charge < -0.3 is 29.2 Å². The highest BCUT2D eigenvalue weighted by atomic mass is 16.5. The fourth-order valence-electron chi connectivity index (χ4n) is 4.14. The summed E-state index contributed by atoms with van der Waals surface area (Å²) in [5.41, 5.74) is 2.14. The van der Waals surface area contributed by atoms with E-state index in [-0.39, 0.29) is 13.2 Å². The molecule has 0 radical (unpaired) electrons. The van der Waals surface area contributed by atoms with Gasteiger partial charge in [-0.2, -0.15) is 0 Å². The van der Waals surface area contributed by atoms with Crippen molar-refractivity contribution in [2.24, 2.45) is 0 Å². The Kier molecular flexibility index (Phi) is 9.55. The molecular weight excluding hydrogens is 436 g/mol. The summed E-state index contributed by atoms with van der Waals surface area (Å²) in [5.74, 6) is 1.47. The van der Waals surface area contributed by atoms with Crippen molar-refractivity contribution in [3.05, 3.63) is 48.5 Å². The number of morpholine rings is 2. The van der Waals surface area contributed by atoms with Crippen LogP contribution in [0.2, 0.25) is 0 Å². The SMILES string of the molecule is OC(COc1ccc(-c2ccc(OCC(O)CN3CCOCC3)cc2)cc1)CN1CCOCC1. The maximum Gasteiger partial charge on any atom is 0.119 e. The van der Waals surface area contributed by atoms with Crippen LogP contribution >= 0.6 is 0 Å². The number of rotatable bonds is 11. The monoisotopic (exact) mass is 472 g/mol. The molecule has 0 saturated carbocycles. The summed E-state index contributed by atoms with van der Waals surface area (Å²) in [4.78, 5) is 4.39. The molecule has 2 saturated heterocycles. The molecule has 2 aliphatic heterocycles. The molecule has 2 aromatic carbocycles. The zero-order valence-electron chi connectivity index (χ0n) is 19.7. The minimum atomic E-state index is -0.530. The van der Waals surface area contributed by atoms with Gasteiger partial charge >= 0.3 is 0 Å². The third kappa shape index (κ3) is 7.94. The Balaban J connectivity index is 1.19. The zero-order valence-corrected chi connectivity index (χ0v) is 19.7. The molecular formula is C26H36N2O6. The Labute approximate surface area is 201 Å². The highest BCUT2D eigenvalue weighted by molar-refractivity contribution is 5.64. The number of ether oxygens (including phenoxy) is 4. The highest BCUT2D eigenvalue weighted by Gasteiger charge is 2.16. The van der Waals surface area contributed by atoms with Gasteiger partial charge in [0.25, 0.3) is 0 Å². The first-order valence-electron chi connectivity index (χ1n) is 12.1. The average Bonchev–Trinajstić information content (AvgIpc) is 2.88. The molecule has 0 bridgehead atoms. The van der Waals surface area contributed by atoms with E-state index < -0.39 is 12.2 Å². The maximum atomic E-state index is 10.2. The van der Waals surface area contributed by atoms with Gasteiger partial charge in [-0.25, -0.2) is 0 Å². The molecule has 2 fully saturated rings. The molecule has 2 aliphatic rings. The van der Waals surface area contributed by atoms with Crippen LogP contribution in [0.25, 0.3) is 11.1 Å². The Morgan fingerprint density at radius 3 is 1.32 bits per heavy atom. The van der Waals surface area contributed by atoms with Crippen molar-refractivity contribution in [2.45, 2.75) is 12.2 Å². The van der Waals surface area contributed by atoms with Gasteiger partial charge in [-0.05, 0) is 35.4 Å². The third-order valence-corrected chi connectivity index (χ3v) is 6.07. The van der Waals surface area contributed by atoms with Crippen LogP contribution in [0.15, 0.2) is 48.5 Å². The van der Waals surface area contributed by atoms with Gasteiger partial charge in [0.1, 0.15) is 36.9 Å². The molecule has 2 heterocycles. The Morgan fingerprint density at radius 2 is 0.971 bits per heavy atom. The quantitative estimate of drug-likeness (QED) is 0.509. The second-order valence-corrected chi connectivity index (χ2v) is 8.80. The second-order valence-electron chi connectivity index (χ2n) is 8.80. The highest BCUT2D eigenvalue weighted by Crippen LogP contribution is 2.25. The van der Waals surface area contributed by atoms with Crippen LogP contribution in [0.3, 0.4) is 0 Å². The van der Waals surface area contributed by atoms with Crippen molar-refractivity contribution in [1.82, 2.24) is 9.80 Å². The Bertz CT molecular complexity index is 764. The number of benzene rings is 2. The van der Waals surface area contributed by atoms with E-state index in [1.54, 1.807) is 0 Å². The van der Waals surface area contributed by atoms with Crippen LogP contribution in [0.5, 0.6) is 11.5 Å². The third-order valence-electron chi connectivity index (χ3n) is 6.07. The largest absolute Gasteiger partial charge is 0.491 e. The van der Waals surface area contributed by atoms with Gasteiger partial charge in [-0.1, -0.05) is 24.3 Å². The van der Waals surface area contributed by atoms with E-state index in [0.717, 1.165) is 75.2 Å². The summed E-state index contributed by atoms with van der Waals surface area (Å²) < 4.78 is 22.2. The van der Waals surface area contributed by atoms with Gasteiger partial charge in [0, 0.05) is 39.3 Å². The lowest BCUT2D eigenvalue weighted by molar-refractivity contribution is 0.00452. The predicted octanol–water partition coefficient (Wildman–Crippen LogP) is 1.50. The van der Waals surface area contributed by atoms with Gasteiger partial charge in [-0.15, -0.1) is 0 Å². The summed E-state index contributed by atoms with van der Waals surface area (Å²) in [6, 6.07) is 15.7. The van der Waals surface area contributed by atoms with Crippen LogP contribution < -0.4 is 9.47 Å².